The molecule has 0 aliphatic rings. The van der Waals surface area contributed by atoms with Gasteiger partial charge in [0.05, 0.1) is 4.90 Å². The molecule has 30 heavy (non-hydrogen) atoms. The zero-order valence-corrected chi connectivity index (χ0v) is 15.7. The zero-order valence-electron chi connectivity index (χ0n) is 14.9. The van der Waals surface area contributed by atoms with Crippen LogP contribution in [0.2, 0.25) is 0 Å². The molecule has 150 valence electrons. The predicted octanol–water partition coefficient (Wildman–Crippen LogP) is 6.50. The fraction of sp³-hybridized carbons (Fsp3) is 0.0455. The second-order valence-corrected chi connectivity index (χ2v) is 6.66. The number of alkyl halides is 3. The minimum Gasteiger partial charge on any atom is -0.406 e. The molecule has 0 bridgehead atoms. The van der Waals surface area contributed by atoms with Gasteiger partial charge >= 0.3 is 6.36 Å². The number of halogens is 5. The van der Waals surface area contributed by atoms with Gasteiger partial charge in [-0.15, -0.1) is 13.2 Å². The Hall–Kier alpha value is -3.49. The molecule has 0 unspecified atom stereocenters. The Labute approximate surface area is 172 Å². The molecule has 0 atom stereocenters. The molecule has 8 heteroatoms. The second kappa shape index (κ2) is 8.89. The second-order valence-electron chi connectivity index (χ2n) is 5.86. The summed E-state index contributed by atoms with van der Waals surface area (Å²) in [5.41, 5.74) is 2.12. The van der Waals surface area contributed by atoms with Crippen molar-refractivity contribution in [2.24, 2.45) is 0 Å². The average Bonchev–Trinajstić information content (AvgIpc) is 2.69. The number of nitriles is 1. The fourth-order valence-electron chi connectivity index (χ4n) is 2.51. The van der Waals surface area contributed by atoms with Crippen molar-refractivity contribution in [3.63, 3.8) is 0 Å². The normalized spacial score (nSPS) is 10.7. The fourth-order valence-corrected chi connectivity index (χ4v) is 2.92. The van der Waals surface area contributed by atoms with Gasteiger partial charge in [-0.3, -0.25) is 0 Å². The first-order valence-electron chi connectivity index (χ1n) is 8.28. The van der Waals surface area contributed by atoms with Gasteiger partial charge < -0.3 is 4.74 Å². The summed E-state index contributed by atoms with van der Waals surface area (Å²) >= 11 is 0.398. The average molecular weight is 431 g/mol. The minimum absolute atomic E-state index is 0.122. The number of hydrogen-bond donors (Lipinski definition) is 0. The Morgan fingerprint density at radius 3 is 1.77 bits per heavy atom. The van der Waals surface area contributed by atoms with Gasteiger partial charge in [-0.1, -0.05) is 36.1 Å². The molecule has 0 aliphatic carbocycles. The molecule has 0 fully saturated rings. The van der Waals surface area contributed by atoms with Crippen molar-refractivity contribution in [3.8, 4) is 34.1 Å². The Morgan fingerprint density at radius 2 is 1.27 bits per heavy atom. The van der Waals surface area contributed by atoms with Crippen LogP contribution in [-0.2, 0) is 0 Å². The molecular formula is C22H10F5NOS. The summed E-state index contributed by atoms with van der Waals surface area (Å²) in [7, 11) is 0. The highest BCUT2D eigenvalue weighted by atomic mass is 32.2. The monoisotopic (exact) mass is 431 g/mol. The quantitative estimate of drug-likeness (QED) is 0.205. The van der Waals surface area contributed by atoms with E-state index in [1.54, 1.807) is 29.7 Å². The molecule has 0 radical (unpaired) electrons. The summed E-state index contributed by atoms with van der Waals surface area (Å²) in [6, 6.07) is 14.3. The number of nitrogens with zero attached hydrogens (tertiary/aromatic N) is 1. The summed E-state index contributed by atoms with van der Waals surface area (Å²) < 4.78 is 68.1. The Kier molecular flexibility index (Phi) is 6.29. The van der Waals surface area contributed by atoms with Gasteiger partial charge in [-0.05, 0) is 59.3 Å². The maximum absolute atomic E-state index is 13.8. The van der Waals surface area contributed by atoms with E-state index in [4.69, 9.17) is 5.26 Å². The number of thioether (sulfide) groups is 1. The van der Waals surface area contributed by atoms with Crippen molar-refractivity contribution in [2.75, 3.05) is 0 Å². The van der Waals surface area contributed by atoms with E-state index < -0.39 is 18.0 Å². The van der Waals surface area contributed by atoms with Crippen LogP contribution >= 0.6 is 11.8 Å². The highest BCUT2D eigenvalue weighted by molar-refractivity contribution is 8.03. The topological polar surface area (TPSA) is 33.0 Å². The van der Waals surface area contributed by atoms with Crippen LogP contribution in [0.25, 0.3) is 11.1 Å². The van der Waals surface area contributed by atoms with Crippen molar-refractivity contribution in [1.29, 1.82) is 5.26 Å². The number of ether oxygens (including phenoxy) is 1. The van der Waals surface area contributed by atoms with Crippen molar-refractivity contribution >= 4 is 11.8 Å². The number of benzene rings is 3. The summed E-state index contributed by atoms with van der Waals surface area (Å²) in [4.78, 5) is -0.376. The van der Waals surface area contributed by atoms with Gasteiger partial charge in [0.25, 0.3) is 0 Å². The first kappa shape index (κ1) is 21.2. The standard InChI is InChI=1S/C22H10F5NOS/c23-19-11-15(12-20(24)21(19)30-13-28)2-1-14-3-5-16(6-4-14)17-7-9-18(10-8-17)29-22(25,26)27/h3-12H. The molecule has 3 rings (SSSR count). The molecule has 0 N–H and O–H groups in total. The Balaban J connectivity index is 1.75. The number of hydrogen-bond acceptors (Lipinski definition) is 3. The first-order chi connectivity index (χ1) is 14.2. The largest absolute Gasteiger partial charge is 0.573 e. The van der Waals surface area contributed by atoms with E-state index in [1.807, 2.05) is 0 Å². The van der Waals surface area contributed by atoms with Crippen LogP contribution < -0.4 is 4.74 Å². The molecule has 0 saturated heterocycles. The minimum atomic E-state index is -4.75. The molecule has 0 aromatic heterocycles. The van der Waals surface area contributed by atoms with Gasteiger partial charge in [-0.2, -0.15) is 5.26 Å². The maximum Gasteiger partial charge on any atom is 0.573 e. The summed E-state index contributed by atoms with van der Waals surface area (Å²) in [6.07, 6.45) is -4.75. The number of thiocyanates is 1. The van der Waals surface area contributed by atoms with Crippen LogP contribution in [0.5, 0.6) is 5.75 Å². The lowest BCUT2D eigenvalue weighted by atomic mass is 10.0. The highest BCUT2D eigenvalue weighted by Crippen LogP contribution is 2.27. The van der Waals surface area contributed by atoms with E-state index in [1.165, 1.54) is 24.3 Å². The van der Waals surface area contributed by atoms with Crippen LogP contribution in [0.15, 0.2) is 65.6 Å². The molecule has 0 aliphatic heterocycles. The van der Waals surface area contributed by atoms with E-state index in [2.05, 4.69) is 16.6 Å². The molecule has 0 amide bonds. The lowest BCUT2D eigenvalue weighted by Gasteiger charge is -2.09. The van der Waals surface area contributed by atoms with E-state index >= 15 is 0 Å². The van der Waals surface area contributed by atoms with Gasteiger partial charge in [0.15, 0.2) is 0 Å². The van der Waals surface area contributed by atoms with Crippen molar-refractivity contribution in [3.05, 3.63) is 83.4 Å². The van der Waals surface area contributed by atoms with Crippen molar-refractivity contribution in [1.82, 2.24) is 0 Å². The van der Waals surface area contributed by atoms with Crippen molar-refractivity contribution < 1.29 is 26.7 Å². The summed E-state index contributed by atoms with van der Waals surface area (Å²) in [5, 5.41) is 10.2. The number of rotatable bonds is 3. The Bertz CT molecular complexity index is 1130. The van der Waals surface area contributed by atoms with Crippen molar-refractivity contribution in [2.45, 2.75) is 11.3 Å². The third-order valence-corrected chi connectivity index (χ3v) is 4.49. The first-order valence-corrected chi connectivity index (χ1v) is 9.10. The SMILES string of the molecule is N#CSc1c(F)cc(C#Cc2ccc(-c3ccc(OC(F)(F)F)cc3)cc2)cc1F. The molecule has 3 aromatic rings. The molecule has 0 spiro atoms. The smallest absolute Gasteiger partial charge is 0.406 e. The van der Waals surface area contributed by atoms with Crippen LogP contribution in [0.3, 0.4) is 0 Å². The summed E-state index contributed by atoms with van der Waals surface area (Å²) in [6.45, 7) is 0. The molecule has 2 nitrogen and oxygen atoms in total. The van der Waals surface area contributed by atoms with Crippen LogP contribution in [0, 0.1) is 34.1 Å². The molecular weight excluding hydrogens is 421 g/mol. The molecule has 3 aromatic carbocycles. The summed E-state index contributed by atoms with van der Waals surface area (Å²) in [5.74, 6) is 3.40. The Morgan fingerprint density at radius 1 is 0.767 bits per heavy atom. The lowest BCUT2D eigenvalue weighted by Crippen LogP contribution is -2.16. The molecule has 0 heterocycles. The third-order valence-electron chi connectivity index (χ3n) is 3.80. The van der Waals surface area contributed by atoms with Crippen LogP contribution in [-0.4, -0.2) is 6.36 Å². The van der Waals surface area contributed by atoms with Crippen LogP contribution in [0.1, 0.15) is 11.1 Å². The van der Waals surface area contributed by atoms with Gasteiger partial charge in [0.2, 0.25) is 0 Å². The van der Waals surface area contributed by atoms with E-state index in [-0.39, 0.29) is 16.2 Å². The van der Waals surface area contributed by atoms with E-state index in [0.717, 1.165) is 17.7 Å². The van der Waals surface area contributed by atoms with Crippen LogP contribution in [0.4, 0.5) is 22.0 Å². The third kappa shape index (κ3) is 5.53. The van der Waals surface area contributed by atoms with Gasteiger partial charge in [0.1, 0.15) is 22.8 Å². The lowest BCUT2D eigenvalue weighted by molar-refractivity contribution is -0.274. The highest BCUT2D eigenvalue weighted by Gasteiger charge is 2.30. The van der Waals surface area contributed by atoms with Gasteiger partial charge in [0, 0.05) is 11.1 Å². The van der Waals surface area contributed by atoms with E-state index in [9.17, 15) is 22.0 Å². The van der Waals surface area contributed by atoms with E-state index in [0.29, 0.717) is 22.9 Å². The zero-order chi connectivity index (χ0) is 21.7. The van der Waals surface area contributed by atoms with Gasteiger partial charge in [-0.25, -0.2) is 8.78 Å². The predicted molar refractivity (Wildman–Crippen MR) is 102 cm³/mol. The molecule has 0 saturated carbocycles. The maximum atomic E-state index is 13.8.